The number of fused-ring (bicyclic) bond motifs is 1. The summed E-state index contributed by atoms with van der Waals surface area (Å²) in [6.07, 6.45) is 2.99. The average Bonchev–Trinajstić information content (AvgIpc) is 2.92. The molecular weight excluding hydrogens is 264 g/mol. The Hall–Kier alpha value is -1.62. The van der Waals surface area contributed by atoms with Gasteiger partial charge < -0.3 is 9.88 Å². The minimum Gasteiger partial charge on any atom is -0.354 e. The Bertz CT molecular complexity index is 637. The highest BCUT2D eigenvalue weighted by molar-refractivity contribution is 6.17. The van der Waals surface area contributed by atoms with E-state index in [4.69, 9.17) is 11.6 Å². The van der Waals surface area contributed by atoms with Crippen molar-refractivity contribution in [2.45, 2.75) is 25.8 Å². The van der Waals surface area contributed by atoms with Crippen LogP contribution in [0.25, 0.3) is 11.2 Å². The van der Waals surface area contributed by atoms with Crippen LogP contribution in [0, 0.1) is 6.92 Å². The lowest BCUT2D eigenvalue weighted by Crippen LogP contribution is -2.17. The molecular formula is C13H15ClN4O. The first kappa shape index (κ1) is 12.4. The highest BCUT2D eigenvalue weighted by atomic mass is 35.5. The summed E-state index contributed by atoms with van der Waals surface area (Å²) in [6.45, 7) is 2.63. The number of hydrogen-bond acceptors (Lipinski definition) is 3. The maximum atomic E-state index is 11.4. The van der Waals surface area contributed by atoms with E-state index in [1.165, 1.54) is 0 Å². The third-order valence-electron chi connectivity index (χ3n) is 3.38. The van der Waals surface area contributed by atoms with Gasteiger partial charge in [-0.3, -0.25) is 4.79 Å². The van der Waals surface area contributed by atoms with Crippen LogP contribution in [0.3, 0.4) is 0 Å². The summed E-state index contributed by atoms with van der Waals surface area (Å²) in [5, 5.41) is 2.85. The molecule has 6 heteroatoms. The Morgan fingerprint density at radius 1 is 1.58 bits per heavy atom. The van der Waals surface area contributed by atoms with Crippen molar-refractivity contribution in [3.05, 3.63) is 23.7 Å². The Morgan fingerprint density at radius 3 is 3.11 bits per heavy atom. The maximum Gasteiger partial charge on any atom is 0.222 e. The van der Waals surface area contributed by atoms with Gasteiger partial charge in [0.15, 0.2) is 5.65 Å². The number of aromatic nitrogens is 3. The predicted molar refractivity (Wildman–Crippen MR) is 73.4 cm³/mol. The van der Waals surface area contributed by atoms with Crippen molar-refractivity contribution in [2.24, 2.45) is 0 Å². The van der Waals surface area contributed by atoms with E-state index >= 15 is 0 Å². The molecule has 0 spiro atoms. The van der Waals surface area contributed by atoms with Gasteiger partial charge in [-0.05, 0) is 18.6 Å². The Balaban J connectivity index is 2.13. The minimum atomic E-state index is 0.0794. The first-order chi connectivity index (χ1) is 9.19. The molecule has 1 fully saturated rings. The van der Waals surface area contributed by atoms with E-state index in [9.17, 15) is 4.79 Å². The van der Waals surface area contributed by atoms with E-state index in [2.05, 4.69) is 19.9 Å². The highest BCUT2D eigenvalue weighted by Crippen LogP contribution is 2.25. The van der Waals surface area contributed by atoms with E-state index < -0.39 is 0 Å². The normalized spacial score (nSPS) is 19.1. The lowest BCUT2D eigenvalue weighted by molar-refractivity contribution is -0.119. The van der Waals surface area contributed by atoms with Gasteiger partial charge in [0.2, 0.25) is 5.91 Å². The standard InChI is InChI=1S/C13H15ClN4O/c1-8-4-10-13(16-6-8)18(11(17-10)2-3-14)9-5-12(19)15-7-9/h4,6,9H,2-3,5,7H2,1H3,(H,15,19). The van der Waals surface area contributed by atoms with Crippen LogP contribution in [0.5, 0.6) is 0 Å². The predicted octanol–water partition coefficient (Wildman–Crippen LogP) is 1.58. The minimum absolute atomic E-state index is 0.0794. The molecule has 0 aromatic carbocycles. The fourth-order valence-electron chi connectivity index (χ4n) is 2.55. The van der Waals surface area contributed by atoms with Crippen LogP contribution in [-0.4, -0.2) is 32.9 Å². The molecule has 1 N–H and O–H groups in total. The number of carbonyl (C=O) groups excluding carboxylic acids is 1. The molecule has 100 valence electrons. The van der Waals surface area contributed by atoms with Gasteiger partial charge in [-0.1, -0.05) is 0 Å². The third kappa shape index (κ3) is 2.18. The molecule has 0 saturated carbocycles. The zero-order chi connectivity index (χ0) is 13.4. The van der Waals surface area contributed by atoms with Crippen LogP contribution >= 0.6 is 11.6 Å². The molecule has 2 aromatic rings. The topological polar surface area (TPSA) is 59.8 Å². The zero-order valence-corrected chi connectivity index (χ0v) is 11.4. The molecule has 1 amide bonds. The summed E-state index contributed by atoms with van der Waals surface area (Å²) in [5.74, 6) is 1.50. The first-order valence-corrected chi connectivity index (χ1v) is 6.88. The number of carbonyl (C=O) groups is 1. The molecule has 1 unspecified atom stereocenters. The number of rotatable bonds is 3. The molecule has 1 saturated heterocycles. The number of nitrogens with one attached hydrogen (secondary N) is 1. The van der Waals surface area contributed by atoms with Crippen LogP contribution in [0.1, 0.15) is 23.9 Å². The quantitative estimate of drug-likeness (QED) is 0.867. The van der Waals surface area contributed by atoms with Gasteiger partial charge in [-0.15, -0.1) is 11.6 Å². The first-order valence-electron chi connectivity index (χ1n) is 6.35. The van der Waals surface area contributed by atoms with Gasteiger partial charge in [0, 0.05) is 31.5 Å². The van der Waals surface area contributed by atoms with Crippen molar-refractivity contribution >= 4 is 28.7 Å². The van der Waals surface area contributed by atoms with E-state index in [0.717, 1.165) is 22.6 Å². The van der Waals surface area contributed by atoms with E-state index in [1.807, 2.05) is 19.2 Å². The summed E-state index contributed by atoms with van der Waals surface area (Å²) in [4.78, 5) is 20.5. The van der Waals surface area contributed by atoms with Crippen LogP contribution < -0.4 is 5.32 Å². The molecule has 0 aliphatic carbocycles. The van der Waals surface area contributed by atoms with Gasteiger partial charge >= 0.3 is 0 Å². The van der Waals surface area contributed by atoms with Gasteiger partial charge in [-0.25, -0.2) is 9.97 Å². The Kier molecular flexibility index (Phi) is 3.14. The third-order valence-corrected chi connectivity index (χ3v) is 3.57. The second-order valence-corrected chi connectivity index (χ2v) is 5.23. The van der Waals surface area contributed by atoms with Crippen LogP contribution in [0.2, 0.25) is 0 Å². The van der Waals surface area contributed by atoms with Crippen molar-refractivity contribution in [3.8, 4) is 0 Å². The summed E-state index contributed by atoms with van der Waals surface area (Å²) < 4.78 is 2.06. The van der Waals surface area contributed by atoms with Gasteiger partial charge in [-0.2, -0.15) is 0 Å². The summed E-state index contributed by atoms with van der Waals surface area (Å²) in [5.41, 5.74) is 2.79. The van der Waals surface area contributed by atoms with Crippen molar-refractivity contribution in [3.63, 3.8) is 0 Å². The molecule has 0 radical (unpaired) electrons. The number of amides is 1. The molecule has 2 aromatic heterocycles. The SMILES string of the molecule is Cc1cnc2c(c1)nc(CCCl)n2C1CNC(=O)C1. The van der Waals surface area contributed by atoms with E-state index in [-0.39, 0.29) is 11.9 Å². The van der Waals surface area contributed by atoms with E-state index in [0.29, 0.717) is 25.3 Å². The number of pyridine rings is 1. The monoisotopic (exact) mass is 278 g/mol. The Labute approximate surface area is 116 Å². The van der Waals surface area contributed by atoms with Crippen molar-refractivity contribution < 1.29 is 4.79 Å². The number of imidazole rings is 1. The van der Waals surface area contributed by atoms with E-state index in [1.54, 1.807) is 0 Å². The molecule has 0 bridgehead atoms. The van der Waals surface area contributed by atoms with Crippen LogP contribution in [0.15, 0.2) is 12.3 Å². The number of nitrogens with zero attached hydrogens (tertiary/aromatic N) is 3. The lowest BCUT2D eigenvalue weighted by Gasteiger charge is -2.13. The van der Waals surface area contributed by atoms with Crippen molar-refractivity contribution in [2.75, 3.05) is 12.4 Å². The number of halogens is 1. The van der Waals surface area contributed by atoms with Crippen LogP contribution in [-0.2, 0) is 11.2 Å². The summed E-state index contributed by atoms with van der Waals surface area (Å²) in [7, 11) is 0. The molecule has 3 rings (SSSR count). The number of hydrogen-bond donors (Lipinski definition) is 1. The van der Waals surface area contributed by atoms with Gasteiger partial charge in [0.05, 0.1) is 6.04 Å². The Morgan fingerprint density at radius 2 is 2.42 bits per heavy atom. The fraction of sp³-hybridized carbons (Fsp3) is 0.462. The second kappa shape index (κ2) is 4.81. The lowest BCUT2D eigenvalue weighted by atomic mass is 10.2. The molecule has 1 aliphatic rings. The van der Waals surface area contributed by atoms with Crippen molar-refractivity contribution in [1.82, 2.24) is 19.9 Å². The highest BCUT2D eigenvalue weighted by Gasteiger charge is 2.27. The summed E-state index contributed by atoms with van der Waals surface area (Å²) >= 11 is 5.85. The number of alkyl halides is 1. The van der Waals surface area contributed by atoms with Gasteiger partial charge in [0.25, 0.3) is 0 Å². The molecule has 5 nitrogen and oxygen atoms in total. The smallest absolute Gasteiger partial charge is 0.222 e. The largest absolute Gasteiger partial charge is 0.354 e. The van der Waals surface area contributed by atoms with Crippen LogP contribution in [0.4, 0.5) is 0 Å². The van der Waals surface area contributed by atoms with Crippen molar-refractivity contribution in [1.29, 1.82) is 0 Å². The molecule has 19 heavy (non-hydrogen) atoms. The molecule has 1 aliphatic heterocycles. The maximum absolute atomic E-state index is 11.4. The second-order valence-electron chi connectivity index (χ2n) is 4.85. The fourth-order valence-corrected chi connectivity index (χ4v) is 2.72. The zero-order valence-electron chi connectivity index (χ0n) is 10.7. The number of aryl methyl sites for hydroxylation is 2. The molecule has 3 heterocycles. The molecule has 1 atom stereocenters. The summed E-state index contributed by atoms with van der Waals surface area (Å²) in [6, 6.07) is 2.10. The van der Waals surface area contributed by atoms with Gasteiger partial charge in [0.1, 0.15) is 11.3 Å². The average molecular weight is 279 g/mol.